The largest absolute Gasteiger partial charge is 0.493 e. The molecule has 0 bridgehead atoms. The predicted octanol–water partition coefficient (Wildman–Crippen LogP) is 2.99. The molecule has 2 aromatic carbocycles. The molecule has 0 unspecified atom stereocenters. The number of carbonyl (C=O) groups excluding carboxylic acids is 3. The summed E-state index contributed by atoms with van der Waals surface area (Å²) in [5, 5.41) is 8.99. The molecular formula is C24H23IN4O6. The number of methoxy groups -OCH3 is 1. The molecule has 0 radical (unpaired) electrons. The standard InChI is InChI=1S/C24H23IN4O6/c1-15-5-7-17(8-6-15)28-21(30)14-35-22-19(25)10-16(11-20(22)33-2)12-27-29-24(32)23(31)26-13-18-4-3-9-34-18/h3-12H,13-14H2,1-2H3,(H,26,31)(H,28,30)(H,29,32)/b27-12-. The molecule has 0 spiro atoms. The van der Waals surface area contributed by atoms with Gasteiger partial charge in [0.05, 0.1) is 29.7 Å². The van der Waals surface area contributed by atoms with Crippen molar-refractivity contribution in [2.75, 3.05) is 19.0 Å². The molecule has 0 aliphatic heterocycles. The van der Waals surface area contributed by atoms with Gasteiger partial charge in [-0.3, -0.25) is 14.4 Å². The van der Waals surface area contributed by atoms with E-state index in [0.717, 1.165) is 5.56 Å². The molecule has 11 heteroatoms. The zero-order valence-electron chi connectivity index (χ0n) is 19.0. The van der Waals surface area contributed by atoms with Crippen molar-refractivity contribution in [3.63, 3.8) is 0 Å². The number of ether oxygens (including phenoxy) is 2. The Hall–Kier alpha value is -3.87. The maximum absolute atomic E-state index is 12.2. The van der Waals surface area contributed by atoms with E-state index in [0.29, 0.717) is 32.1 Å². The summed E-state index contributed by atoms with van der Waals surface area (Å²) in [7, 11) is 1.47. The summed E-state index contributed by atoms with van der Waals surface area (Å²) >= 11 is 2.04. The highest BCUT2D eigenvalue weighted by Crippen LogP contribution is 2.33. The first kappa shape index (κ1) is 25.7. The van der Waals surface area contributed by atoms with E-state index in [1.54, 1.807) is 24.3 Å². The van der Waals surface area contributed by atoms with E-state index in [4.69, 9.17) is 13.9 Å². The maximum Gasteiger partial charge on any atom is 0.329 e. The van der Waals surface area contributed by atoms with Crippen molar-refractivity contribution in [1.29, 1.82) is 0 Å². The van der Waals surface area contributed by atoms with Crippen molar-refractivity contribution in [1.82, 2.24) is 10.7 Å². The molecule has 1 aromatic heterocycles. The van der Waals surface area contributed by atoms with E-state index in [1.807, 2.05) is 53.8 Å². The summed E-state index contributed by atoms with van der Waals surface area (Å²) in [5.41, 5.74) is 4.51. The monoisotopic (exact) mass is 590 g/mol. The van der Waals surface area contributed by atoms with Crippen LogP contribution in [0.25, 0.3) is 0 Å². The van der Waals surface area contributed by atoms with E-state index < -0.39 is 11.8 Å². The lowest BCUT2D eigenvalue weighted by atomic mass is 10.2. The number of benzene rings is 2. The minimum Gasteiger partial charge on any atom is -0.493 e. The zero-order chi connectivity index (χ0) is 25.2. The van der Waals surface area contributed by atoms with Gasteiger partial charge < -0.3 is 24.5 Å². The highest BCUT2D eigenvalue weighted by molar-refractivity contribution is 14.1. The number of nitrogens with zero attached hydrogens (tertiary/aromatic N) is 1. The molecule has 3 rings (SSSR count). The van der Waals surface area contributed by atoms with Crippen LogP contribution in [-0.2, 0) is 20.9 Å². The maximum atomic E-state index is 12.2. The van der Waals surface area contributed by atoms with Crippen LogP contribution < -0.4 is 25.5 Å². The van der Waals surface area contributed by atoms with Crippen LogP contribution in [0.1, 0.15) is 16.9 Å². The van der Waals surface area contributed by atoms with Crippen molar-refractivity contribution in [2.24, 2.45) is 5.10 Å². The third-order valence-electron chi connectivity index (χ3n) is 4.52. The first-order chi connectivity index (χ1) is 16.9. The van der Waals surface area contributed by atoms with Gasteiger partial charge in [-0.1, -0.05) is 17.7 Å². The summed E-state index contributed by atoms with van der Waals surface area (Å²) in [4.78, 5) is 36.0. The average Bonchev–Trinajstić information content (AvgIpc) is 3.36. The van der Waals surface area contributed by atoms with Crippen LogP contribution in [0.15, 0.2) is 64.3 Å². The molecule has 10 nitrogen and oxygen atoms in total. The smallest absolute Gasteiger partial charge is 0.329 e. The van der Waals surface area contributed by atoms with Gasteiger partial charge in [-0.15, -0.1) is 0 Å². The van der Waals surface area contributed by atoms with Gasteiger partial charge in [0.25, 0.3) is 5.91 Å². The third-order valence-corrected chi connectivity index (χ3v) is 5.33. The molecule has 3 aromatic rings. The minimum atomic E-state index is -0.922. The Balaban J connectivity index is 1.54. The number of anilines is 1. The lowest BCUT2D eigenvalue weighted by molar-refractivity contribution is -0.139. The number of halogens is 1. The van der Waals surface area contributed by atoms with Crippen LogP contribution in [0.4, 0.5) is 5.69 Å². The van der Waals surface area contributed by atoms with Gasteiger partial charge in [-0.05, 0) is 71.5 Å². The molecular weight excluding hydrogens is 567 g/mol. The van der Waals surface area contributed by atoms with Crippen molar-refractivity contribution in [3.05, 3.63) is 75.3 Å². The zero-order valence-corrected chi connectivity index (χ0v) is 21.1. The van der Waals surface area contributed by atoms with Crippen molar-refractivity contribution in [2.45, 2.75) is 13.5 Å². The number of furan rings is 1. The molecule has 0 fully saturated rings. The van der Waals surface area contributed by atoms with Crippen LogP contribution in [0.3, 0.4) is 0 Å². The van der Waals surface area contributed by atoms with Gasteiger partial charge in [-0.25, -0.2) is 5.43 Å². The van der Waals surface area contributed by atoms with Crippen LogP contribution in [0, 0.1) is 10.5 Å². The third kappa shape index (κ3) is 7.84. The SMILES string of the molecule is COc1cc(/C=N\NC(=O)C(=O)NCc2ccco2)cc(I)c1OCC(=O)Nc1ccc(C)cc1. The number of nitrogens with one attached hydrogen (secondary N) is 3. The van der Waals surface area contributed by atoms with Gasteiger partial charge in [-0.2, -0.15) is 5.10 Å². The Labute approximate surface area is 215 Å². The van der Waals surface area contributed by atoms with Gasteiger partial charge in [0, 0.05) is 5.69 Å². The topological polar surface area (TPSA) is 131 Å². The molecule has 0 saturated heterocycles. The van der Waals surface area contributed by atoms with Crippen molar-refractivity contribution in [3.8, 4) is 11.5 Å². The number of hydrazone groups is 1. The van der Waals surface area contributed by atoms with E-state index >= 15 is 0 Å². The molecule has 182 valence electrons. The van der Waals surface area contributed by atoms with Crippen LogP contribution >= 0.6 is 22.6 Å². The summed E-state index contributed by atoms with van der Waals surface area (Å²) in [6, 6.07) is 14.1. The number of rotatable bonds is 9. The van der Waals surface area contributed by atoms with Crippen LogP contribution in [-0.4, -0.2) is 37.7 Å². The van der Waals surface area contributed by atoms with Gasteiger partial charge in [0.15, 0.2) is 18.1 Å². The van der Waals surface area contributed by atoms with Crippen LogP contribution in [0.5, 0.6) is 11.5 Å². The first-order valence-corrected chi connectivity index (χ1v) is 11.4. The fraction of sp³-hybridized carbons (Fsp3) is 0.167. The molecule has 0 aliphatic carbocycles. The lowest BCUT2D eigenvalue weighted by Gasteiger charge is -2.13. The minimum absolute atomic E-state index is 0.0862. The van der Waals surface area contributed by atoms with Gasteiger partial charge in [0.2, 0.25) is 0 Å². The van der Waals surface area contributed by atoms with Gasteiger partial charge >= 0.3 is 11.8 Å². The van der Waals surface area contributed by atoms with Crippen molar-refractivity contribution >= 4 is 52.2 Å². The molecule has 3 amide bonds. The normalized spacial score (nSPS) is 10.6. The Bertz CT molecular complexity index is 1210. The lowest BCUT2D eigenvalue weighted by Crippen LogP contribution is -2.37. The summed E-state index contributed by atoms with van der Waals surface area (Å²) in [5.74, 6) is -0.793. The Kier molecular flexibility index (Phi) is 9.23. The second kappa shape index (κ2) is 12.6. The first-order valence-electron chi connectivity index (χ1n) is 10.4. The Morgan fingerprint density at radius 2 is 1.89 bits per heavy atom. The van der Waals surface area contributed by atoms with Gasteiger partial charge in [0.1, 0.15) is 5.76 Å². The number of amides is 3. The molecule has 3 N–H and O–H groups in total. The second-order valence-electron chi connectivity index (χ2n) is 7.20. The number of hydrogen-bond acceptors (Lipinski definition) is 7. The molecule has 0 saturated carbocycles. The van der Waals surface area contributed by atoms with E-state index in [1.165, 1.54) is 19.6 Å². The van der Waals surface area contributed by atoms with Crippen molar-refractivity contribution < 1.29 is 28.3 Å². The quantitative estimate of drug-likeness (QED) is 0.152. The van der Waals surface area contributed by atoms with E-state index in [2.05, 4.69) is 21.2 Å². The van der Waals surface area contributed by atoms with E-state index in [-0.39, 0.29) is 19.1 Å². The molecule has 35 heavy (non-hydrogen) atoms. The molecule has 1 heterocycles. The highest BCUT2D eigenvalue weighted by atomic mass is 127. The molecule has 0 atom stereocenters. The number of hydrogen-bond donors (Lipinski definition) is 3. The summed E-state index contributed by atoms with van der Waals surface area (Å²) in [6.07, 6.45) is 2.83. The fourth-order valence-electron chi connectivity index (χ4n) is 2.80. The van der Waals surface area contributed by atoms with E-state index in [9.17, 15) is 14.4 Å². The molecule has 0 aliphatic rings. The highest BCUT2D eigenvalue weighted by Gasteiger charge is 2.15. The Morgan fingerprint density at radius 3 is 2.57 bits per heavy atom. The second-order valence-corrected chi connectivity index (χ2v) is 8.36. The average molecular weight is 590 g/mol. The number of carbonyl (C=O) groups is 3. The predicted molar refractivity (Wildman–Crippen MR) is 137 cm³/mol. The summed E-state index contributed by atoms with van der Waals surface area (Å²) in [6.45, 7) is 1.84. The number of aryl methyl sites for hydroxylation is 1. The summed E-state index contributed by atoms with van der Waals surface area (Å²) < 4.78 is 16.8. The Morgan fingerprint density at radius 1 is 1.11 bits per heavy atom. The fourth-order valence-corrected chi connectivity index (χ4v) is 3.58. The van der Waals surface area contributed by atoms with Crippen LogP contribution in [0.2, 0.25) is 0 Å².